The van der Waals surface area contributed by atoms with Crippen LogP contribution in [0.3, 0.4) is 0 Å². The van der Waals surface area contributed by atoms with Gasteiger partial charge in [-0.25, -0.2) is 9.97 Å². The van der Waals surface area contributed by atoms with E-state index in [1.165, 1.54) is 34.7 Å². The van der Waals surface area contributed by atoms with E-state index in [2.05, 4.69) is 26.0 Å². The molecule has 3 heterocycles. The molecule has 0 unspecified atom stereocenters. The minimum Gasteiger partial charge on any atom is -0.308 e. The van der Waals surface area contributed by atoms with Crippen LogP contribution in [0.5, 0.6) is 0 Å². The van der Waals surface area contributed by atoms with E-state index in [0.29, 0.717) is 10.1 Å². The van der Waals surface area contributed by atoms with Gasteiger partial charge in [0.2, 0.25) is 11.8 Å². The second-order valence-electron chi connectivity index (χ2n) is 9.79. The minimum absolute atomic E-state index is 0.0527. The molecule has 0 bridgehead atoms. The highest BCUT2D eigenvalue weighted by Gasteiger charge is 2.32. The number of carbonyl (C=O) groups is 2. The van der Waals surface area contributed by atoms with E-state index < -0.39 is 0 Å². The standard InChI is InChI=1S/C30H28N4O2S2/c1-19-15-21-9-3-7-13-25(21)33(19)27(35)17-37-29-30(32-24-12-6-5-11-23(24)31-29)38-18-28(36)34-20(2)16-22-10-4-8-14-26(22)34/h3-14,19-20H,15-18H2,1-2H3/t19-,20-/m0/s1. The van der Waals surface area contributed by atoms with Gasteiger partial charge in [-0.05, 0) is 62.1 Å². The van der Waals surface area contributed by atoms with Crippen molar-refractivity contribution in [2.45, 2.75) is 48.8 Å². The predicted molar refractivity (Wildman–Crippen MR) is 155 cm³/mol. The topological polar surface area (TPSA) is 66.4 Å². The van der Waals surface area contributed by atoms with E-state index >= 15 is 0 Å². The average molecular weight is 541 g/mol. The quantitative estimate of drug-likeness (QED) is 0.289. The molecule has 0 spiro atoms. The lowest BCUT2D eigenvalue weighted by Gasteiger charge is -2.23. The summed E-state index contributed by atoms with van der Waals surface area (Å²) in [7, 11) is 0. The summed E-state index contributed by atoms with van der Waals surface area (Å²) in [5, 5.41) is 1.37. The second-order valence-corrected chi connectivity index (χ2v) is 11.7. The van der Waals surface area contributed by atoms with Crippen molar-refractivity contribution in [3.63, 3.8) is 0 Å². The summed E-state index contributed by atoms with van der Waals surface area (Å²) in [4.78, 5) is 40.2. The first-order valence-corrected chi connectivity index (χ1v) is 14.8. The van der Waals surface area contributed by atoms with Gasteiger partial charge in [-0.3, -0.25) is 9.59 Å². The molecule has 2 amide bonds. The number of fused-ring (bicyclic) bond motifs is 3. The summed E-state index contributed by atoms with van der Waals surface area (Å²) in [6.45, 7) is 4.17. The van der Waals surface area contributed by atoms with Crippen LogP contribution in [0.1, 0.15) is 25.0 Å². The summed E-state index contributed by atoms with van der Waals surface area (Å²) in [6.07, 6.45) is 1.73. The van der Waals surface area contributed by atoms with Crippen molar-refractivity contribution in [2.24, 2.45) is 0 Å². The largest absolute Gasteiger partial charge is 0.308 e. The number of anilines is 2. The van der Waals surface area contributed by atoms with Crippen LogP contribution in [0.15, 0.2) is 82.8 Å². The molecule has 0 aliphatic carbocycles. The number of thioether (sulfide) groups is 2. The highest BCUT2D eigenvalue weighted by atomic mass is 32.2. The second kappa shape index (κ2) is 10.4. The van der Waals surface area contributed by atoms with Gasteiger partial charge in [-0.15, -0.1) is 0 Å². The lowest BCUT2D eigenvalue weighted by Crippen LogP contribution is -2.37. The molecule has 0 saturated heterocycles. The van der Waals surface area contributed by atoms with Crippen molar-refractivity contribution in [3.8, 4) is 0 Å². The molecule has 2 aliphatic rings. The van der Waals surface area contributed by atoms with Gasteiger partial charge in [0.1, 0.15) is 10.1 Å². The van der Waals surface area contributed by atoms with E-state index in [9.17, 15) is 9.59 Å². The number of benzene rings is 3. The van der Waals surface area contributed by atoms with Crippen LogP contribution in [0.2, 0.25) is 0 Å². The summed E-state index contributed by atoms with van der Waals surface area (Å²) >= 11 is 2.79. The van der Waals surface area contributed by atoms with Crippen molar-refractivity contribution in [3.05, 3.63) is 83.9 Å². The molecule has 4 aromatic rings. The smallest absolute Gasteiger partial charge is 0.237 e. The maximum absolute atomic E-state index is 13.3. The molecule has 0 N–H and O–H groups in total. The van der Waals surface area contributed by atoms with Crippen LogP contribution in [0.25, 0.3) is 11.0 Å². The maximum Gasteiger partial charge on any atom is 0.237 e. The molecule has 38 heavy (non-hydrogen) atoms. The Balaban J connectivity index is 1.21. The molecular formula is C30H28N4O2S2. The van der Waals surface area contributed by atoms with E-state index in [1.54, 1.807) is 0 Å². The van der Waals surface area contributed by atoms with Gasteiger partial charge >= 0.3 is 0 Å². The zero-order chi connectivity index (χ0) is 26.2. The fraction of sp³-hybridized carbons (Fsp3) is 0.267. The number of hydrogen-bond donors (Lipinski definition) is 0. The zero-order valence-corrected chi connectivity index (χ0v) is 23.0. The fourth-order valence-electron chi connectivity index (χ4n) is 5.45. The number of nitrogens with zero attached hydrogens (tertiary/aromatic N) is 4. The fourth-order valence-corrected chi connectivity index (χ4v) is 7.26. The summed E-state index contributed by atoms with van der Waals surface area (Å²) in [6, 6.07) is 24.2. The van der Waals surface area contributed by atoms with E-state index in [4.69, 9.17) is 9.97 Å². The molecule has 6 rings (SSSR count). The van der Waals surface area contributed by atoms with Crippen LogP contribution >= 0.6 is 23.5 Å². The highest BCUT2D eigenvalue weighted by molar-refractivity contribution is 8.02. The van der Waals surface area contributed by atoms with Gasteiger partial charge in [0, 0.05) is 23.5 Å². The molecule has 0 fully saturated rings. The Bertz CT molecular complexity index is 1430. The summed E-state index contributed by atoms with van der Waals surface area (Å²) in [5.74, 6) is 0.613. The maximum atomic E-state index is 13.3. The monoisotopic (exact) mass is 540 g/mol. The van der Waals surface area contributed by atoms with Gasteiger partial charge in [0.25, 0.3) is 0 Å². The third kappa shape index (κ3) is 4.67. The molecule has 6 nitrogen and oxygen atoms in total. The number of amides is 2. The van der Waals surface area contributed by atoms with Crippen LogP contribution < -0.4 is 9.80 Å². The van der Waals surface area contributed by atoms with E-state index in [1.807, 2.05) is 70.5 Å². The third-order valence-electron chi connectivity index (χ3n) is 7.13. The highest BCUT2D eigenvalue weighted by Crippen LogP contribution is 2.36. The predicted octanol–water partition coefficient (Wildman–Crippen LogP) is 5.77. The van der Waals surface area contributed by atoms with E-state index in [0.717, 1.165) is 35.2 Å². The molecule has 3 aromatic carbocycles. The van der Waals surface area contributed by atoms with Crippen LogP contribution in [0, 0.1) is 0 Å². The Hall–Kier alpha value is -3.36. The van der Waals surface area contributed by atoms with Crippen LogP contribution in [-0.4, -0.2) is 45.4 Å². The van der Waals surface area contributed by atoms with Gasteiger partial charge in [-0.1, -0.05) is 72.1 Å². The molecule has 192 valence electrons. The lowest BCUT2D eigenvalue weighted by atomic mass is 10.1. The minimum atomic E-state index is 0.0527. The number of aromatic nitrogens is 2. The normalized spacial score (nSPS) is 18.1. The first kappa shape index (κ1) is 24.9. The van der Waals surface area contributed by atoms with Gasteiger partial charge in [0.05, 0.1) is 22.5 Å². The van der Waals surface area contributed by atoms with E-state index in [-0.39, 0.29) is 35.4 Å². The number of hydrogen-bond acceptors (Lipinski definition) is 6. The zero-order valence-electron chi connectivity index (χ0n) is 21.3. The average Bonchev–Trinajstić information content (AvgIpc) is 3.45. The Morgan fingerprint density at radius 2 is 1.08 bits per heavy atom. The lowest BCUT2D eigenvalue weighted by molar-refractivity contribution is -0.117. The molecule has 8 heteroatoms. The van der Waals surface area contributed by atoms with Crippen molar-refractivity contribution in [1.29, 1.82) is 0 Å². The molecule has 2 aliphatic heterocycles. The Kier molecular flexibility index (Phi) is 6.84. The summed E-state index contributed by atoms with van der Waals surface area (Å²) < 4.78 is 0. The SMILES string of the molecule is C[C@H]1Cc2ccccc2N1C(=O)CSc1nc2ccccc2nc1SCC(=O)N1c2ccccc2C[C@@H]1C. The number of para-hydroxylation sites is 4. The Labute approximate surface area is 230 Å². The van der Waals surface area contributed by atoms with Crippen molar-refractivity contribution >= 4 is 57.7 Å². The third-order valence-corrected chi connectivity index (χ3v) is 9.15. The Morgan fingerprint density at radius 1 is 0.684 bits per heavy atom. The van der Waals surface area contributed by atoms with Crippen LogP contribution in [-0.2, 0) is 22.4 Å². The molecule has 0 radical (unpaired) electrons. The molecule has 2 atom stereocenters. The number of carbonyl (C=O) groups excluding carboxylic acids is 2. The molecule has 1 aromatic heterocycles. The first-order chi connectivity index (χ1) is 18.5. The number of rotatable bonds is 6. The van der Waals surface area contributed by atoms with Crippen molar-refractivity contribution in [1.82, 2.24) is 9.97 Å². The summed E-state index contributed by atoms with van der Waals surface area (Å²) in [5.41, 5.74) is 5.96. The van der Waals surface area contributed by atoms with Crippen LogP contribution in [0.4, 0.5) is 11.4 Å². The van der Waals surface area contributed by atoms with Gasteiger partial charge in [-0.2, -0.15) is 0 Å². The Morgan fingerprint density at radius 3 is 1.53 bits per heavy atom. The van der Waals surface area contributed by atoms with Crippen molar-refractivity contribution in [2.75, 3.05) is 21.3 Å². The van der Waals surface area contributed by atoms with Gasteiger partial charge in [0.15, 0.2) is 0 Å². The molecular weight excluding hydrogens is 512 g/mol. The van der Waals surface area contributed by atoms with Gasteiger partial charge < -0.3 is 9.80 Å². The van der Waals surface area contributed by atoms with Crippen molar-refractivity contribution < 1.29 is 9.59 Å². The first-order valence-electron chi connectivity index (χ1n) is 12.8. The molecule has 0 saturated carbocycles.